The summed E-state index contributed by atoms with van der Waals surface area (Å²) in [7, 11) is 0. The lowest BCUT2D eigenvalue weighted by Crippen LogP contribution is -1.97. The Morgan fingerprint density at radius 3 is 0.921 bits per heavy atom. The van der Waals surface area contributed by atoms with E-state index in [1.165, 1.54) is 0 Å². The first-order valence-corrected chi connectivity index (χ1v) is 25.5. The fourth-order valence-corrected chi connectivity index (χ4v) is 10.5. The van der Waals surface area contributed by atoms with Crippen LogP contribution in [0.4, 0.5) is 0 Å². The van der Waals surface area contributed by atoms with Gasteiger partial charge in [-0.3, -0.25) is 9.97 Å². The molecule has 0 spiro atoms. The van der Waals surface area contributed by atoms with E-state index in [1.54, 1.807) is 0 Å². The van der Waals surface area contributed by atoms with E-state index in [-0.39, 0.29) is 0 Å². The summed E-state index contributed by atoms with van der Waals surface area (Å²) < 4.78 is 0. The van der Waals surface area contributed by atoms with Gasteiger partial charge in [0.15, 0.2) is 11.6 Å². The third-order valence-corrected chi connectivity index (χ3v) is 14.5. The second-order valence-corrected chi connectivity index (χ2v) is 19.0. The molecule has 0 amide bonds. The Morgan fingerprint density at radius 2 is 0.513 bits per heavy atom. The van der Waals surface area contributed by atoms with Crippen LogP contribution >= 0.6 is 0 Å². The monoisotopic (exact) mass is 968 g/mol. The number of aromatic nitrogens is 6. The van der Waals surface area contributed by atoms with Crippen molar-refractivity contribution < 1.29 is 0 Å². The number of nitrogens with zero attached hydrogens (tertiary/aromatic N) is 6. The average Bonchev–Trinajstić information content (AvgIpc) is 3.51. The Kier molecular flexibility index (Phi) is 11.1. The zero-order chi connectivity index (χ0) is 50.4. The Bertz CT molecular complexity index is 4180. The van der Waals surface area contributed by atoms with Gasteiger partial charge in [-0.25, -0.2) is 19.9 Å². The zero-order valence-corrected chi connectivity index (χ0v) is 41.1. The lowest BCUT2D eigenvalue weighted by Gasteiger charge is -2.13. The summed E-state index contributed by atoms with van der Waals surface area (Å²) in [5, 5.41) is 9.18. The van der Waals surface area contributed by atoms with E-state index in [0.29, 0.717) is 11.6 Å². The molecule has 0 aliphatic rings. The van der Waals surface area contributed by atoms with Crippen LogP contribution in [0.25, 0.3) is 145 Å². The first-order chi connectivity index (χ1) is 37.6. The molecule has 14 rings (SSSR count). The fraction of sp³-hybridized carbons (Fsp3) is 0. The molecule has 4 aromatic heterocycles. The minimum absolute atomic E-state index is 0.654. The van der Waals surface area contributed by atoms with Crippen LogP contribution in [0.5, 0.6) is 0 Å². The highest BCUT2D eigenvalue weighted by Crippen LogP contribution is 2.37. The van der Waals surface area contributed by atoms with Crippen molar-refractivity contribution in [1.29, 1.82) is 0 Å². The van der Waals surface area contributed by atoms with E-state index < -0.39 is 0 Å². The Labute approximate surface area is 439 Å². The van der Waals surface area contributed by atoms with Crippen LogP contribution in [0.15, 0.2) is 267 Å². The highest BCUT2D eigenvalue weighted by Gasteiger charge is 2.17. The van der Waals surface area contributed by atoms with Crippen molar-refractivity contribution in [3.8, 4) is 101 Å². The van der Waals surface area contributed by atoms with Crippen LogP contribution in [0.2, 0.25) is 0 Å². The maximum atomic E-state index is 5.26. The Balaban J connectivity index is 0.801. The molecule has 0 saturated carbocycles. The molecular formula is C70H44N6. The van der Waals surface area contributed by atoms with E-state index in [1.807, 2.05) is 12.4 Å². The third-order valence-electron chi connectivity index (χ3n) is 14.5. The maximum Gasteiger partial charge on any atom is 0.160 e. The van der Waals surface area contributed by atoms with Gasteiger partial charge >= 0.3 is 0 Å². The molecule has 76 heavy (non-hydrogen) atoms. The summed E-state index contributed by atoms with van der Waals surface area (Å²) >= 11 is 0. The quantitative estimate of drug-likeness (QED) is 0.143. The predicted octanol–water partition coefficient (Wildman–Crippen LogP) is 17.7. The lowest BCUT2D eigenvalue weighted by atomic mass is 9.98. The normalized spacial score (nSPS) is 11.4. The molecule has 6 nitrogen and oxygen atoms in total. The van der Waals surface area contributed by atoms with Gasteiger partial charge in [-0.15, -0.1) is 0 Å². The molecule has 0 bridgehead atoms. The van der Waals surface area contributed by atoms with Crippen LogP contribution in [-0.2, 0) is 0 Å². The van der Waals surface area contributed by atoms with Gasteiger partial charge in [-0.1, -0.05) is 231 Å². The number of benzene rings is 10. The first kappa shape index (κ1) is 44.4. The maximum absolute atomic E-state index is 5.26. The van der Waals surface area contributed by atoms with Crippen LogP contribution in [0.3, 0.4) is 0 Å². The SMILES string of the molecule is c1ccc2c(-c3cc(-c4ccc(-c5nccc6ccccc56)cc4)nc(-c4ccc(-c5ccc(-c6nc(-c7ccc(-c8nccc9ccccc89)cc7)cc(-c7cccc8ccccc78)n6)cc5)cc4)n3)cccc2c1. The number of hydrogen-bond acceptors (Lipinski definition) is 6. The van der Waals surface area contributed by atoms with Crippen LogP contribution in [0.1, 0.15) is 0 Å². The molecule has 0 aliphatic heterocycles. The van der Waals surface area contributed by atoms with Crippen LogP contribution < -0.4 is 0 Å². The summed E-state index contributed by atoms with van der Waals surface area (Å²) in [5.74, 6) is 1.31. The standard InChI is InChI=1S/C70H44N6/c1-5-17-57-47(11-1)15-9-21-61(57)65-43-63(51-27-31-53(32-28-51)67-59-19-7-3-13-49(59)39-41-71-67)73-69(75-65)55-35-23-45(24-36-55)46-25-37-56(38-26-46)70-74-64(44-66(76-70)62-22-10-16-48-12-2-6-18-58(48)62)52-29-33-54(34-30-52)68-60-20-8-4-14-50(60)40-42-72-68/h1-44H. The average molecular weight is 969 g/mol. The van der Waals surface area contributed by atoms with Gasteiger partial charge in [0.25, 0.3) is 0 Å². The molecule has 0 saturated heterocycles. The topological polar surface area (TPSA) is 77.3 Å². The molecule has 6 heteroatoms. The van der Waals surface area contributed by atoms with E-state index >= 15 is 0 Å². The molecule has 0 aliphatic carbocycles. The highest BCUT2D eigenvalue weighted by atomic mass is 14.9. The number of hydrogen-bond donors (Lipinski definition) is 0. The minimum Gasteiger partial charge on any atom is -0.256 e. The van der Waals surface area contributed by atoms with E-state index in [0.717, 1.165) is 133 Å². The summed E-state index contributed by atoms with van der Waals surface area (Å²) in [4.78, 5) is 30.6. The molecule has 0 atom stereocenters. The molecule has 0 fully saturated rings. The molecule has 4 heterocycles. The zero-order valence-electron chi connectivity index (χ0n) is 41.1. The second kappa shape index (κ2) is 19.0. The molecular weight excluding hydrogens is 925 g/mol. The van der Waals surface area contributed by atoms with E-state index in [2.05, 4.69) is 255 Å². The summed E-state index contributed by atoms with van der Waals surface area (Å²) in [6, 6.07) is 89.0. The van der Waals surface area contributed by atoms with E-state index in [9.17, 15) is 0 Å². The van der Waals surface area contributed by atoms with Crippen molar-refractivity contribution in [3.63, 3.8) is 0 Å². The number of pyridine rings is 2. The van der Waals surface area contributed by atoms with Gasteiger partial charge in [0, 0.05) is 67.7 Å². The van der Waals surface area contributed by atoms with Gasteiger partial charge in [0.05, 0.1) is 34.2 Å². The van der Waals surface area contributed by atoms with Crippen molar-refractivity contribution in [2.75, 3.05) is 0 Å². The second-order valence-electron chi connectivity index (χ2n) is 19.0. The summed E-state index contributed by atoms with van der Waals surface area (Å²) in [5.41, 5.74) is 15.5. The molecule has 354 valence electrons. The van der Waals surface area contributed by atoms with Crippen molar-refractivity contribution in [2.45, 2.75) is 0 Å². The minimum atomic E-state index is 0.654. The van der Waals surface area contributed by atoms with Crippen molar-refractivity contribution in [1.82, 2.24) is 29.9 Å². The Hall–Kier alpha value is -10.3. The highest BCUT2D eigenvalue weighted by molar-refractivity contribution is 5.99. The van der Waals surface area contributed by atoms with Gasteiger partial charge in [-0.05, 0) is 67.7 Å². The largest absolute Gasteiger partial charge is 0.256 e. The molecule has 0 radical (unpaired) electrons. The van der Waals surface area contributed by atoms with Crippen LogP contribution in [-0.4, -0.2) is 29.9 Å². The third kappa shape index (κ3) is 8.30. The summed E-state index contributed by atoms with van der Waals surface area (Å²) in [6.07, 6.45) is 3.76. The van der Waals surface area contributed by atoms with Gasteiger partial charge in [-0.2, -0.15) is 0 Å². The number of rotatable bonds is 9. The van der Waals surface area contributed by atoms with Crippen molar-refractivity contribution in [3.05, 3.63) is 267 Å². The fourth-order valence-electron chi connectivity index (χ4n) is 10.5. The molecule has 10 aromatic carbocycles. The lowest BCUT2D eigenvalue weighted by molar-refractivity contribution is 1.18. The smallest absolute Gasteiger partial charge is 0.160 e. The molecule has 0 unspecified atom stereocenters. The summed E-state index contributed by atoms with van der Waals surface area (Å²) in [6.45, 7) is 0. The molecule has 14 aromatic rings. The van der Waals surface area contributed by atoms with Crippen molar-refractivity contribution in [2.24, 2.45) is 0 Å². The Morgan fingerprint density at radius 1 is 0.211 bits per heavy atom. The van der Waals surface area contributed by atoms with E-state index in [4.69, 9.17) is 29.9 Å². The van der Waals surface area contributed by atoms with Gasteiger partial charge in [0.1, 0.15) is 0 Å². The van der Waals surface area contributed by atoms with Gasteiger partial charge in [0.2, 0.25) is 0 Å². The van der Waals surface area contributed by atoms with Gasteiger partial charge < -0.3 is 0 Å². The number of fused-ring (bicyclic) bond motifs is 4. The predicted molar refractivity (Wildman–Crippen MR) is 312 cm³/mol. The first-order valence-electron chi connectivity index (χ1n) is 25.5. The van der Waals surface area contributed by atoms with Crippen molar-refractivity contribution >= 4 is 43.1 Å². The van der Waals surface area contributed by atoms with Crippen LogP contribution in [0, 0.1) is 0 Å². The molecule has 0 N–H and O–H groups in total.